The van der Waals surface area contributed by atoms with Gasteiger partial charge in [-0.15, -0.1) is 17.9 Å². The average Bonchev–Trinajstić information content (AvgIpc) is 3.33. The largest absolute Gasteiger partial charge is 0.507 e. The molecular weight excluding hydrogens is 550 g/mol. The van der Waals surface area contributed by atoms with Crippen molar-refractivity contribution >= 4 is 49.6 Å². The number of phenols is 1. The van der Waals surface area contributed by atoms with Crippen molar-refractivity contribution in [3.63, 3.8) is 0 Å². The van der Waals surface area contributed by atoms with Gasteiger partial charge in [0, 0.05) is 56.3 Å². The summed E-state index contributed by atoms with van der Waals surface area (Å²) in [6, 6.07) is 5.89. The molecule has 0 unspecified atom stereocenters. The molecule has 3 aromatic rings. The van der Waals surface area contributed by atoms with E-state index in [-0.39, 0.29) is 5.75 Å². The van der Waals surface area contributed by atoms with E-state index in [1.54, 1.807) is 23.6 Å². The molecule has 0 spiro atoms. The maximum Gasteiger partial charge on any atom is 0.246 e. The van der Waals surface area contributed by atoms with E-state index in [1.165, 1.54) is 10.6 Å². The number of nitrogens with one attached hydrogen (secondary N) is 1. The summed E-state index contributed by atoms with van der Waals surface area (Å²) < 4.78 is 31.8. The first-order valence-electron chi connectivity index (χ1n) is 13.2. The van der Waals surface area contributed by atoms with Crippen LogP contribution in [0.5, 0.6) is 5.75 Å². The van der Waals surface area contributed by atoms with Gasteiger partial charge in [-0.3, -0.25) is 4.90 Å². The van der Waals surface area contributed by atoms with Crippen LogP contribution in [0, 0.1) is 6.92 Å². The van der Waals surface area contributed by atoms with Gasteiger partial charge in [0.1, 0.15) is 5.75 Å². The molecule has 0 atom stereocenters. The maximum absolute atomic E-state index is 11.9. The third-order valence-corrected chi connectivity index (χ3v) is 9.40. The molecule has 2 saturated heterocycles. The van der Waals surface area contributed by atoms with Crippen LogP contribution in [0.3, 0.4) is 0 Å². The topological polar surface area (TPSA) is 123 Å². The van der Waals surface area contributed by atoms with Crippen LogP contribution in [0.2, 0.25) is 0 Å². The zero-order valence-corrected chi connectivity index (χ0v) is 24.5. The van der Waals surface area contributed by atoms with Gasteiger partial charge < -0.3 is 14.7 Å². The highest BCUT2D eigenvalue weighted by molar-refractivity contribution is 7.88. The first-order valence-corrected chi connectivity index (χ1v) is 15.9. The van der Waals surface area contributed by atoms with Crippen LogP contribution in [-0.2, 0) is 27.7 Å². The predicted molar refractivity (Wildman–Crippen MR) is 160 cm³/mol. The first-order chi connectivity index (χ1) is 19.2. The number of hydrogen-bond donors (Lipinski definition) is 2. The molecule has 13 heteroatoms. The molecule has 4 heterocycles. The maximum atomic E-state index is 11.9. The quantitative estimate of drug-likeness (QED) is 0.222. The first kappa shape index (κ1) is 28.4. The number of piperazine rings is 1. The minimum atomic E-state index is -3.16. The Labute approximate surface area is 238 Å². The number of aryl methyl sites for hydroxylation is 1. The van der Waals surface area contributed by atoms with Crippen molar-refractivity contribution in [1.29, 1.82) is 0 Å². The van der Waals surface area contributed by atoms with Crippen molar-refractivity contribution in [2.45, 2.75) is 19.9 Å². The highest BCUT2D eigenvalue weighted by Gasteiger charge is 2.25. The van der Waals surface area contributed by atoms with Gasteiger partial charge >= 0.3 is 0 Å². The average molecular weight is 586 g/mol. The van der Waals surface area contributed by atoms with Gasteiger partial charge in [-0.25, -0.2) is 18.8 Å². The lowest BCUT2D eigenvalue weighted by Crippen LogP contribution is -2.47. The number of thiophene rings is 1. The Bertz CT molecular complexity index is 1510. The summed E-state index contributed by atoms with van der Waals surface area (Å²) in [4.78, 5) is 15.2. The van der Waals surface area contributed by atoms with Gasteiger partial charge in [0.2, 0.25) is 16.0 Å². The van der Waals surface area contributed by atoms with E-state index >= 15 is 0 Å². The van der Waals surface area contributed by atoms with Crippen LogP contribution in [-0.4, -0.2) is 97.7 Å². The third-order valence-electron chi connectivity index (χ3n) is 6.99. The number of anilines is 2. The lowest BCUT2D eigenvalue weighted by Gasteiger charge is -2.32. The van der Waals surface area contributed by atoms with Gasteiger partial charge in [0.15, 0.2) is 5.82 Å². The number of morpholine rings is 1. The number of benzene rings is 1. The van der Waals surface area contributed by atoms with Crippen molar-refractivity contribution in [3.05, 3.63) is 52.4 Å². The Kier molecular flexibility index (Phi) is 8.66. The molecule has 214 valence electrons. The van der Waals surface area contributed by atoms with Crippen LogP contribution in [0.25, 0.3) is 10.2 Å². The molecule has 2 aliphatic heterocycles. The summed E-state index contributed by atoms with van der Waals surface area (Å²) in [7, 11) is -3.16. The molecular formula is C27H35N7O4S2. The second-order valence-corrected chi connectivity index (χ2v) is 13.2. The van der Waals surface area contributed by atoms with E-state index in [2.05, 4.69) is 33.0 Å². The molecule has 0 bridgehead atoms. The number of ether oxygens (including phenoxy) is 1. The van der Waals surface area contributed by atoms with E-state index in [4.69, 9.17) is 14.7 Å². The Balaban J connectivity index is 1.38. The molecule has 2 fully saturated rings. The summed E-state index contributed by atoms with van der Waals surface area (Å²) in [5, 5.41) is 15.0. The molecule has 0 amide bonds. The number of hydrogen-bond acceptors (Lipinski definition) is 11. The molecule has 0 radical (unpaired) electrons. The highest BCUT2D eigenvalue weighted by Crippen LogP contribution is 2.34. The number of phenolic OH excluding ortho intramolecular Hbond substituents is 1. The lowest BCUT2D eigenvalue weighted by molar-refractivity contribution is 0.122. The molecule has 0 aliphatic carbocycles. The van der Waals surface area contributed by atoms with Crippen molar-refractivity contribution in [2.75, 3.05) is 69.1 Å². The van der Waals surface area contributed by atoms with Crippen LogP contribution in [0.15, 0.2) is 36.0 Å². The standard InChI is InChI=1S/C27H35N7O4S2/c1-4-5-20-14-19(2)15-21(24(20)35)17-28-31-27-29-23-16-22(18-32-6-8-34(9-7-32)40(3,36)37)39-25(23)26(30-27)33-10-12-38-13-11-33/h4,14-17,35H,1,5-13,18H2,2-3H3,(H,29,30,31)/b28-17+. The monoisotopic (exact) mass is 585 g/mol. The van der Waals surface area contributed by atoms with Crippen LogP contribution < -0.4 is 10.3 Å². The molecule has 40 heavy (non-hydrogen) atoms. The Morgan fingerprint density at radius 3 is 2.60 bits per heavy atom. The van der Waals surface area contributed by atoms with Crippen molar-refractivity contribution in [2.24, 2.45) is 5.10 Å². The van der Waals surface area contributed by atoms with Crippen molar-refractivity contribution in [3.8, 4) is 5.75 Å². The highest BCUT2D eigenvalue weighted by atomic mass is 32.2. The zero-order valence-electron chi connectivity index (χ0n) is 22.8. The number of sulfonamides is 1. The number of fused-ring (bicyclic) bond motifs is 1. The van der Waals surface area contributed by atoms with Gasteiger partial charge in [-0.1, -0.05) is 12.1 Å². The van der Waals surface area contributed by atoms with E-state index < -0.39 is 10.0 Å². The minimum Gasteiger partial charge on any atom is -0.507 e. The number of allylic oxidation sites excluding steroid dienone is 1. The van der Waals surface area contributed by atoms with Gasteiger partial charge in [0.05, 0.1) is 35.9 Å². The molecule has 2 N–H and O–H groups in total. The molecule has 5 rings (SSSR count). The summed E-state index contributed by atoms with van der Waals surface area (Å²) in [5.41, 5.74) is 6.21. The van der Waals surface area contributed by atoms with Crippen LogP contribution in [0.4, 0.5) is 11.8 Å². The number of nitrogens with zero attached hydrogens (tertiary/aromatic N) is 6. The van der Waals surface area contributed by atoms with E-state index in [1.807, 2.05) is 19.1 Å². The molecule has 11 nitrogen and oxygen atoms in total. The van der Waals surface area contributed by atoms with Crippen LogP contribution >= 0.6 is 11.3 Å². The fourth-order valence-electron chi connectivity index (χ4n) is 4.97. The normalized spacial score (nSPS) is 17.6. The van der Waals surface area contributed by atoms with E-state index in [0.29, 0.717) is 57.3 Å². The van der Waals surface area contributed by atoms with Crippen molar-refractivity contribution < 1.29 is 18.3 Å². The summed E-state index contributed by atoms with van der Waals surface area (Å²) >= 11 is 1.67. The minimum absolute atomic E-state index is 0.182. The summed E-state index contributed by atoms with van der Waals surface area (Å²) in [5.74, 6) is 1.40. The fraction of sp³-hybridized carbons (Fsp3) is 0.444. The number of rotatable bonds is 9. The van der Waals surface area contributed by atoms with Gasteiger partial charge in [0.25, 0.3) is 0 Å². The lowest BCUT2D eigenvalue weighted by atomic mass is 10.0. The molecule has 2 aromatic heterocycles. The Morgan fingerprint density at radius 2 is 1.90 bits per heavy atom. The predicted octanol–water partition coefficient (Wildman–Crippen LogP) is 2.79. The van der Waals surface area contributed by atoms with Gasteiger partial charge in [-0.05, 0) is 36.6 Å². The second-order valence-electron chi connectivity index (χ2n) is 10.1. The number of hydrazone groups is 1. The van der Waals surface area contributed by atoms with Gasteiger partial charge in [-0.2, -0.15) is 14.4 Å². The number of aromatic nitrogens is 2. The smallest absolute Gasteiger partial charge is 0.246 e. The summed E-state index contributed by atoms with van der Waals surface area (Å²) in [6.07, 6.45) is 5.17. The molecule has 1 aromatic carbocycles. The second kappa shape index (κ2) is 12.2. The molecule has 2 aliphatic rings. The third kappa shape index (κ3) is 6.61. The zero-order chi connectivity index (χ0) is 28.3. The number of aromatic hydroxyl groups is 1. The summed E-state index contributed by atoms with van der Waals surface area (Å²) in [6.45, 7) is 11.6. The fourth-order valence-corrected chi connectivity index (χ4v) is 6.96. The SMILES string of the molecule is C=CCc1cc(C)cc(/C=N/Nc2nc(N3CCOCC3)c3sc(CN4CCN(S(C)(=O)=O)CC4)cc3n2)c1O. The van der Waals surface area contributed by atoms with Crippen LogP contribution in [0.1, 0.15) is 21.6 Å². The Morgan fingerprint density at radius 1 is 1.15 bits per heavy atom. The Hall–Kier alpha value is -3.10. The van der Waals surface area contributed by atoms with Crippen molar-refractivity contribution in [1.82, 2.24) is 19.2 Å². The van der Waals surface area contributed by atoms with E-state index in [0.717, 1.165) is 51.7 Å². The molecule has 0 saturated carbocycles. The van der Waals surface area contributed by atoms with E-state index in [9.17, 15) is 13.5 Å².